The first-order valence-corrected chi connectivity index (χ1v) is 12.3. The Bertz CT molecular complexity index is 694. The van der Waals surface area contributed by atoms with Gasteiger partial charge in [-0.25, -0.2) is 0 Å². The second-order valence-electron chi connectivity index (χ2n) is 9.79. The van der Waals surface area contributed by atoms with E-state index in [4.69, 9.17) is 0 Å². The third kappa shape index (κ3) is 5.86. The summed E-state index contributed by atoms with van der Waals surface area (Å²) in [6.45, 7) is 3.77. The molecule has 1 aromatic carbocycles. The van der Waals surface area contributed by atoms with E-state index in [1.165, 1.54) is 36.8 Å². The van der Waals surface area contributed by atoms with Crippen LogP contribution in [0.15, 0.2) is 24.3 Å². The van der Waals surface area contributed by atoms with Crippen molar-refractivity contribution in [1.82, 2.24) is 9.80 Å². The van der Waals surface area contributed by atoms with Crippen LogP contribution >= 0.6 is 0 Å². The number of carbonyl (C=O) groups excluding carboxylic acids is 2. The molecule has 164 valence electrons. The topological polar surface area (TPSA) is 40.6 Å². The number of piperidine rings is 1. The number of aryl methyl sites for hydroxylation is 1. The molecule has 1 aromatic rings. The van der Waals surface area contributed by atoms with E-state index in [2.05, 4.69) is 29.2 Å². The van der Waals surface area contributed by atoms with Gasteiger partial charge in [-0.05, 0) is 74.3 Å². The predicted octanol–water partition coefficient (Wildman–Crippen LogP) is 4.60. The lowest BCUT2D eigenvalue weighted by Crippen LogP contribution is -2.39. The van der Waals surface area contributed by atoms with E-state index in [-0.39, 0.29) is 0 Å². The average molecular weight is 411 g/mol. The lowest BCUT2D eigenvalue weighted by molar-refractivity contribution is -0.133. The number of amides is 2. The van der Waals surface area contributed by atoms with Crippen LogP contribution in [0.3, 0.4) is 0 Å². The van der Waals surface area contributed by atoms with Gasteiger partial charge in [0.15, 0.2) is 0 Å². The molecule has 4 heteroatoms. The van der Waals surface area contributed by atoms with Crippen LogP contribution in [0.1, 0.15) is 75.3 Å². The lowest BCUT2D eigenvalue weighted by Gasteiger charge is -2.32. The molecule has 3 fully saturated rings. The van der Waals surface area contributed by atoms with E-state index in [1.807, 2.05) is 4.90 Å². The molecule has 2 amide bonds. The molecule has 0 N–H and O–H groups in total. The zero-order valence-corrected chi connectivity index (χ0v) is 18.5. The summed E-state index contributed by atoms with van der Waals surface area (Å²) < 4.78 is 0. The standard InChI is InChI=1S/C26H38N2O2/c29-25(27-15-3-4-16-27)12-11-21-7-9-23(10-8-21)19-24-13-17-28(18-14-24)26(30)20-22-5-1-2-6-22/h7-10,22,24H,1-6,11-20H2. The summed E-state index contributed by atoms with van der Waals surface area (Å²) in [6, 6.07) is 8.89. The molecule has 30 heavy (non-hydrogen) atoms. The Kier molecular flexibility index (Phi) is 7.46. The summed E-state index contributed by atoms with van der Waals surface area (Å²) in [5, 5.41) is 0. The first-order chi connectivity index (χ1) is 14.7. The Morgan fingerprint density at radius 1 is 0.700 bits per heavy atom. The van der Waals surface area contributed by atoms with Gasteiger partial charge in [0.25, 0.3) is 0 Å². The van der Waals surface area contributed by atoms with Crippen molar-refractivity contribution in [2.75, 3.05) is 26.2 Å². The molecule has 2 saturated heterocycles. The van der Waals surface area contributed by atoms with Crippen LogP contribution in [0.2, 0.25) is 0 Å². The fourth-order valence-corrected chi connectivity index (χ4v) is 5.53. The molecule has 3 aliphatic rings. The molecular formula is C26H38N2O2. The van der Waals surface area contributed by atoms with Gasteiger partial charge in [-0.2, -0.15) is 0 Å². The van der Waals surface area contributed by atoms with Gasteiger partial charge in [-0.15, -0.1) is 0 Å². The van der Waals surface area contributed by atoms with E-state index in [0.717, 1.165) is 71.1 Å². The lowest BCUT2D eigenvalue weighted by atomic mass is 9.89. The molecule has 4 rings (SSSR count). The molecule has 2 aliphatic heterocycles. The number of nitrogens with zero attached hydrogens (tertiary/aromatic N) is 2. The summed E-state index contributed by atoms with van der Waals surface area (Å²) in [6.07, 6.45) is 13.1. The minimum absolute atomic E-state index is 0.311. The summed E-state index contributed by atoms with van der Waals surface area (Å²) in [7, 11) is 0. The first kappa shape index (κ1) is 21.4. The number of hydrogen-bond donors (Lipinski definition) is 0. The molecule has 0 spiro atoms. The second-order valence-corrected chi connectivity index (χ2v) is 9.79. The number of benzene rings is 1. The van der Waals surface area contributed by atoms with Crippen molar-refractivity contribution in [3.63, 3.8) is 0 Å². The van der Waals surface area contributed by atoms with E-state index in [9.17, 15) is 9.59 Å². The second kappa shape index (κ2) is 10.5. The fraction of sp³-hybridized carbons (Fsp3) is 0.692. The van der Waals surface area contributed by atoms with Gasteiger partial charge in [0, 0.05) is 39.0 Å². The maximum absolute atomic E-state index is 12.5. The van der Waals surface area contributed by atoms with Gasteiger partial charge < -0.3 is 9.80 Å². The van der Waals surface area contributed by atoms with Gasteiger partial charge in [-0.3, -0.25) is 9.59 Å². The maximum atomic E-state index is 12.5. The van der Waals surface area contributed by atoms with Crippen molar-refractivity contribution < 1.29 is 9.59 Å². The zero-order chi connectivity index (χ0) is 20.8. The molecule has 1 saturated carbocycles. The third-order valence-electron chi connectivity index (χ3n) is 7.54. The molecular weight excluding hydrogens is 372 g/mol. The van der Waals surface area contributed by atoms with Gasteiger partial charge in [0.05, 0.1) is 0 Å². The van der Waals surface area contributed by atoms with Crippen LogP contribution in [0.4, 0.5) is 0 Å². The molecule has 0 atom stereocenters. The Hall–Kier alpha value is -1.84. The molecule has 0 radical (unpaired) electrons. The molecule has 1 aliphatic carbocycles. The van der Waals surface area contributed by atoms with Gasteiger partial charge in [0.1, 0.15) is 0 Å². The van der Waals surface area contributed by atoms with Crippen molar-refractivity contribution in [2.45, 2.75) is 77.0 Å². The largest absolute Gasteiger partial charge is 0.343 e. The smallest absolute Gasteiger partial charge is 0.222 e. The SMILES string of the molecule is O=C(CCc1ccc(CC2CCN(C(=O)CC3CCCC3)CC2)cc1)N1CCCC1. The van der Waals surface area contributed by atoms with E-state index >= 15 is 0 Å². The van der Waals surface area contributed by atoms with Crippen LogP contribution in [-0.4, -0.2) is 47.8 Å². The molecule has 2 heterocycles. The van der Waals surface area contributed by atoms with Crippen LogP contribution < -0.4 is 0 Å². The summed E-state index contributed by atoms with van der Waals surface area (Å²) in [4.78, 5) is 28.9. The minimum Gasteiger partial charge on any atom is -0.343 e. The zero-order valence-electron chi connectivity index (χ0n) is 18.5. The highest BCUT2D eigenvalue weighted by Gasteiger charge is 2.26. The third-order valence-corrected chi connectivity index (χ3v) is 7.54. The number of carbonyl (C=O) groups is 2. The van der Waals surface area contributed by atoms with Crippen molar-refractivity contribution in [3.05, 3.63) is 35.4 Å². The summed E-state index contributed by atoms with van der Waals surface area (Å²) in [5.74, 6) is 2.04. The highest BCUT2D eigenvalue weighted by molar-refractivity contribution is 5.77. The van der Waals surface area contributed by atoms with E-state index in [0.29, 0.717) is 30.1 Å². The van der Waals surface area contributed by atoms with Gasteiger partial charge in [-0.1, -0.05) is 37.1 Å². The summed E-state index contributed by atoms with van der Waals surface area (Å²) >= 11 is 0. The predicted molar refractivity (Wildman–Crippen MR) is 120 cm³/mol. The molecule has 0 aromatic heterocycles. The van der Waals surface area contributed by atoms with Crippen LogP contribution in [0.5, 0.6) is 0 Å². The quantitative estimate of drug-likeness (QED) is 0.659. The number of likely N-dealkylation sites (tertiary alicyclic amines) is 2. The number of rotatable bonds is 7. The fourth-order valence-electron chi connectivity index (χ4n) is 5.53. The van der Waals surface area contributed by atoms with Crippen LogP contribution in [0, 0.1) is 11.8 Å². The van der Waals surface area contributed by atoms with Crippen molar-refractivity contribution in [2.24, 2.45) is 11.8 Å². The van der Waals surface area contributed by atoms with Crippen LogP contribution in [-0.2, 0) is 22.4 Å². The normalized spacial score (nSPS) is 20.8. The Labute approximate surface area is 182 Å². The van der Waals surface area contributed by atoms with Gasteiger partial charge >= 0.3 is 0 Å². The highest BCUT2D eigenvalue weighted by atomic mass is 16.2. The highest BCUT2D eigenvalue weighted by Crippen LogP contribution is 2.29. The van der Waals surface area contributed by atoms with E-state index in [1.54, 1.807) is 0 Å². The average Bonchev–Trinajstić information content (AvgIpc) is 3.48. The van der Waals surface area contributed by atoms with Crippen molar-refractivity contribution >= 4 is 11.8 Å². The Morgan fingerprint density at radius 3 is 1.97 bits per heavy atom. The Morgan fingerprint density at radius 2 is 1.30 bits per heavy atom. The van der Waals surface area contributed by atoms with Crippen molar-refractivity contribution in [3.8, 4) is 0 Å². The summed E-state index contributed by atoms with van der Waals surface area (Å²) in [5.41, 5.74) is 2.65. The number of hydrogen-bond acceptors (Lipinski definition) is 2. The van der Waals surface area contributed by atoms with Crippen LogP contribution in [0.25, 0.3) is 0 Å². The van der Waals surface area contributed by atoms with Gasteiger partial charge in [0.2, 0.25) is 11.8 Å². The van der Waals surface area contributed by atoms with Crippen molar-refractivity contribution in [1.29, 1.82) is 0 Å². The minimum atomic E-state index is 0.311. The van der Waals surface area contributed by atoms with E-state index < -0.39 is 0 Å². The molecule has 4 nitrogen and oxygen atoms in total. The Balaban J connectivity index is 1.17. The maximum Gasteiger partial charge on any atom is 0.222 e. The monoisotopic (exact) mass is 410 g/mol. The molecule has 0 unspecified atom stereocenters. The molecule has 0 bridgehead atoms. The first-order valence-electron chi connectivity index (χ1n) is 12.3.